The van der Waals surface area contributed by atoms with Crippen LogP contribution in [-0.2, 0) is 4.79 Å². The van der Waals surface area contributed by atoms with Crippen molar-refractivity contribution >= 4 is 5.91 Å². The molecule has 1 unspecified atom stereocenters. The third-order valence-corrected chi connectivity index (χ3v) is 3.63. The molecule has 3 nitrogen and oxygen atoms in total. The first kappa shape index (κ1) is 14.5. The third-order valence-electron chi connectivity index (χ3n) is 3.63. The summed E-state index contributed by atoms with van der Waals surface area (Å²) in [5.41, 5.74) is -1.02. The van der Waals surface area contributed by atoms with E-state index in [-0.39, 0.29) is 11.9 Å². The highest BCUT2D eigenvalue weighted by atomic mass is 16.3. The van der Waals surface area contributed by atoms with E-state index in [1.807, 2.05) is 0 Å². The molecule has 0 aromatic rings. The van der Waals surface area contributed by atoms with Crippen molar-refractivity contribution in [3.63, 3.8) is 0 Å². The average Bonchev–Trinajstić information content (AvgIpc) is 3.06. The summed E-state index contributed by atoms with van der Waals surface area (Å²) in [5.74, 6) is -0.155. The van der Waals surface area contributed by atoms with Gasteiger partial charge in [0.1, 0.15) is 5.60 Å². The molecule has 2 N–H and O–H groups in total. The monoisotopic (exact) mass is 241 g/mol. The lowest BCUT2D eigenvalue weighted by Gasteiger charge is -2.19. The van der Waals surface area contributed by atoms with Gasteiger partial charge in [0.15, 0.2) is 0 Å². The van der Waals surface area contributed by atoms with Crippen LogP contribution in [0.25, 0.3) is 0 Å². The van der Waals surface area contributed by atoms with Gasteiger partial charge in [-0.1, -0.05) is 46.0 Å². The first-order valence-corrected chi connectivity index (χ1v) is 7.15. The lowest BCUT2D eigenvalue weighted by molar-refractivity contribution is -0.132. The average molecular weight is 241 g/mol. The topological polar surface area (TPSA) is 49.3 Å². The predicted octanol–water partition coefficient (Wildman–Crippen LogP) is 2.77. The quantitative estimate of drug-likeness (QED) is 0.610. The zero-order valence-corrected chi connectivity index (χ0v) is 11.3. The van der Waals surface area contributed by atoms with Gasteiger partial charge in [0, 0.05) is 6.04 Å². The summed E-state index contributed by atoms with van der Waals surface area (Å²) in [6.07, 6.45) is 9.56. The van der Waals surface area contributed by atoms with Crippen molar-refractivity contribution in [2.24, 2.45) is 0 Å². The smallest absolute Gasteiger partial charge is 0.252 e. The molecule has 0 spiro atoms. The molecular formula is C14H27NO2. The largest absolute Gasteiger partial charge is 0.380 e. The van der Waals surface area contributed by atoms with E-state index in [1.165, 1.54) is 32.1 Å². The van der Waals surface area contributed by atoms with Crippen LogP contribution in [0.2, 0.25) is 0 Å². The second-order valence-electron chi connectivity index (χ2n) is 5.31. The predicted molar refractivity (Wildman–Crippen MR) is 69.8 cm³/mol. The van der Waals surface area contributed by atoms with E-state index in [9.17, 15) is 9.90 Å². The number of carbonyl (C=O) groups excluding carboxylic acids is 1. The van der Waals surface area contributed by atoms with Gasteiger partial charge in [-0.3, -0.25) is 4.79 Å². The summed E-state index contributed by atoms with van der Waals surface area (Å²) in [5, 5.41) is 12.6. The summed E-state index contributed by atoms with van der Waals surface area (Å²) in [6, 6.07) is 0.244. The van der Waals surface area contributed by atoms with Crippen LogP contribution in [0, 0.1) is 0 Å². The highest BCUT2D eigenvalue weighted by molar-refractivity contribution is 5.87. The second kappa shape index (κ2) is 7.00. The van der Waals surface area contributed by atoms with E-state index in [4.69, 9.17) is 0 Å². The molecule has 1 rings (SSSR count). The van der Waals surface area contributed by atoms with E-state index >= 15 is 0 Å². The molecule has 0 aromatic carbocycles. The minimum atomic E-state index is -1.02. The number of rotatable bonds is 9. The van der Waals surface area contributed by atoms with Gasteiger partial charge >= 0.3 is 0 Å². The fraction of sp³-hybridized carbons (Fsp3) is 0.929. The molecule has 1 saturated carbocycles. The fourth-order valence-corrected chi connectivity index (χ4v) is 2.04. The van der Waals surface area contributed by atoms with Gasteiger partial charge in [-0.25, -0.2) is 0 Å². The number of aliphatic hydroxyl groups is 1. The Bertz CT molecular complexity index is 236. The molecule has 0 aromatic heterocycles. The molecule has 1 fully saturated rings. The first-order valence-electron chi connectivity index (χ1n) is 7.15. The lowest BCUT2D eigenvalue weighted by atomic mass is 10.0. The molecule has 1 atom stereocenters. The third kappa shape index (κ3) is 5.07. The van der Waals surface area contributed by atoms with Crippen molar-refractivity contribution < 1.29 is 9.90 Å². The number of unbranched alkanes of at least 4 members (excludes halogenated alkanes) is 4. The number of carbonyl (C=O) groups is 1. The SMILES string of the molecule is CCCCCCCC(CC)NC(=O)C1(O)CC1. The van der Waals surface area contributed by atoms with Crippen LogP contribution >= 0.6 is 0 Å². The summed E-state index contributed by atoms with van der Waals surface area (Å²) in [4.78, 5) is 11.7. The Balaban J connectivity index is 2.13. The zero-order valence-electron chi connectivity index (χ0n) is 11.3. The highest BCUT2D eigenvalue weighted by Gasteiger charge is 2.48. The van der Waals surface area contributed by atoms with Crippen molar-refractivity contribution in [3.05, 3.63) is 0 Å². The van der Waals surface area contributed by atoms with Gasteiger partial charge in [0.2, 0.25) is 0 Å². The summed E-state index contributed by atoms with van der Waals surface area (Å²) in [6.45, 7) is 4.30. The Morgan fingerprint density at radius 1 is 1.24 bits per heavy atom. The van der Waals surface area contributed by atoms with Gasteiger partial charge < -0.3 is 10.4 Å². The van der Waals surface area contributed by atoms with Gasteiger partial charge in [-0.05, 0) is 25.7 Å². The molecule has 0 heterocycles. The normalized spacial score (nSPS) is 18.8. The van der Waals surface area contributed by atoms with Crippen molar-refractivity contribution in [1.82, 2.24) is 5.32 Å². The molecule has 1 amide bonds. The second-order valence-corrected chi connectivity index (χ2v) is 5.31. The molecule has 17 heavy (non-hydrogen) atoms. The first-order chi connectivity index (χ1) is 8.12. The van der Waals surface area contributed by atoms with Crippen LogP contribution in [0.3, 0.4) is 0 Å². The number of nitrogens with one attached hydrogen (secondary N) is 1. The molecule has 1 aliphatic carbocycles. The molecule has 100 valence electrons. The lowest BCUT2D eigenvalue weighted by Crippen LogP contribution is -2.42. The van der Waals surface area contributed by atoms with E-state index in [0.29, 0.717) is 12.8 Å². The molecule has 1 aliphatic rings. The van der Waals surface area contributed by atoms with E-state index in [1.54, 1.807) is 0 Å². The van der Waals surface area contributed by atoms with E-state index < -0.39 is 5.60 Å². The van der Waals surface area contributed by atoms with E-state index in [2.05, 4.69) is 19.2 Å². The summed E-state index contributed by atoms with van der Waals surface area (Å²) >= 11 is 0. The van der Waals surface area contributed by atoms with Crippen LogP contribution in [0.15, 0.2) is 0 Å². The highest BCUT2D eigenvalue weighted by Crippen LogP contribution is 2.35. The maximum atomic E-state index is 11.7. The van der Waals surface area contributed by atoms with E-state index in [0.717, 1.165) is 12.8 Å². The molecule has 0 radical (unpaired) electrons. The van der Waals surface area contributed by atoms with Crippen molar-refractivity contribution in [1.29, 1.82) is 0 Å². The molecule has 0 saturated heterocycles. The van der Waals surface area contributed by atoms with Crippen LogP contribution < -0.4 is 5.32 Å². The minimum absolute atomic E-state index is 0.155. The molecule has 3 heteroatoms. The van der Waals surface area contributed by atoms with Crippen molar-refractivity contribution in [2.45, 2.75) is 83.3 Å². The van der Waals surface area contributed by atoms with Gasteiger partial charge in [0.05, 0.1) is 0 Å². The Morgan fingerprint density at radius 2 is 1.88 bits per heavy atom. The Labute approximate surface area is 105 Å². The van der Waals surface area contributed by atoms with Crippen LogP contribution in [0.4, 0.5) is 0 Å². The molecule has 0 aliphatic heterocycles. The minimum Gasteiger partial charge on any atom is -0.380 e. The van der Waals surface area contributed by atoms with Crippen molar-refractivity contribution in [3.8, 4) is 0 Å². The maximum absolute atomic E-state index is 11.7. The van der Waals surface area contributed by atoms with Crippen LogP contribution in [0.1, 0.15) is 71.6 Å². The summed E-state index contributed by atoms with van der Waals surface area (Å²) < 4.78 is 0. The standard InChI is InChI=1S/C14H27NO2/c1-3-5-6-7-8-9-12(4-2)15-13(16)14(17)10-11-14/h12,17H,3-11H2,1-2H3,(H,15,16). The van der Waals surface area contributed by atoms with Gasteiger partial charge in [-0.2, -0.15) is 0 Å². The Kier molecular flexibility index (Phi) is 5.96. The van der Waals surface area contributed by atoms with Crippen LogP contribution in [-0.4, -0.2) is 22.7 Å². The summed E-state index contributed by atoms with van der Waals surface area (Å²) in [7, 11) is 0. The maximum Gasteiger partial charge on any atom is 0.252 e. The number of hydrogen-bond acceptors (Lipinski definition) is 2. The van der Waals surface area contributed by atoms with Crippen LogP contribution in [0.5, 0.6) is 0 Å². The van der Waals surface area contributed by atoms with Gasteiger partial charge in [-0.15, -0.1) is 0 Å². The zero-order chi connectivity index (χ0) is 12.7. The fourth-order valence-electron chi connectivity index (χ4n) is 2.04. The Morgan fingerprint density at radius 3 is 2.41 bits per heavy atom. The van der Waals surface area contributed by atoms with Gasteiger partial charge in [0.25, 0.3) is 5.91 Å². The molecular weight excluding hydrogens is 214 g/mol. The number of hydrogen-bond donors (Lipinski definition) is 2. The van der Waals surface area contributed by atoms with Crippen molar-refractivity contribution in [2.75, 3.05) is 0 Å². The molecule has 0 bridgehead atoms. The Hall–Kier alpha value is -0.570. The number of amides is 1.